The van der Waals surface area contributed by atoms with Gasteiger partial charge in [-0.2, -0.15) is 0 Å². The molecule has 106 valence electrons. The highest BCUT2D eigenvalue weighted by Gasteiger charge is 2.25. The first kappa shape index (κ1) is 15.7. The molecule has 0 unspecified atom stereocenters. The number of carbonyl (C=O) groups is 1. The lowest BCUT2D eigenvalue weighted by molar-refractivity contribution is -0.136. The topological polar surface area (TPSA) is 23.6 Å². The maximum atomic E-state index is 12.4. The smallest absolute Gasteiger partial charge is 0.239 e. The summed E-state index contributed by atoms with van der Waals surface area (Å²) in [5, 5.41) is 0. The lowest BCUT2D eigenvalue weighted by Gasteiger charge is -2.33. The SMILES string of the molecule is CCN(CC)C(=O)[C@@H](C)N(C)[C@@H](C)c1ccccc1. The fourth-order valence-electron chi connectivity index (χ4n) is 2.28. The van der Waals surface area contributed by atoms with Crippen LogP contribution in [-0.2, 0) is 4.79 Å². The van der Waals surface area contributed by atoms with E-state index >= 15 is 0 Å². The molecule has 0 aliphatic rings. The van der Waals surface area contributed by atoms with Crippen LogP contribution < -0.4 is 0 Å². The van der Waals surface area contributed by atoms with Crippen LogP contribution in [0.1, 0.15) is 39.3 Å². The summed E-state index contributed by atoms with van der Waals surface area (Å²) in [4.78, 5) is 16.4. The summed E-state index contributed by atoms with van der Waals surface area (Å²) < 4.78 is 0. The molecule has 3 nitrogen and oxygen atoms in total. The third-order valence-electron chi connectivity index (χ3n) is 3.94. The van der Waals surface area contributed by atoms with E-state index in [2.05, 4.69) is 24.0 Å². The van der Waals surface area contributed by atoms with E-state index in [1.165, 1.54) is 5.56 Å². The summed E-state index contributed by atoms with van der Waals surface area (Å²) >= 11 is 0. The van der Waals surface area contributed by atoms with Gasteiger partial charge in [0.1, 0.15) is 0 Å². The Hall–Kier alpha value is -1.35. The average molecular weight is 262 g/mol. The first-order chi connectivity index (χ1) is 9.02. The molecule has 0 fully saturated rings. The molecule has 1 aromatic carbocycles. The van der Waals surface area contributed by atoms with Crippen LogP contribution in [-0.4, -0.2) is 41.9 Å². The molecule has 2 atom stereocenters. The van der Waals surface area contributed by atoms with Crippen molar-refractivity contribution >= 4 is 5.91 Å². The number of hydrogen-bond donors (Lipinski definition) is 0. The maximum Gasteiger partial charge on any atom is 0.239 e. The largest absolute Gasteiger partial charge is 0.342 e. The molecule has 19 heavy (non-hydrogen) atoms. The number of carbonyl (C=O) groups excluding carboxylic acids is 1. The van der Waals surface area contributed by atoms with E-state index in [9.17, 15) is 4.79 Å². The van der Waals surface area contributed by atoms with E-state index in [4.69, 9.17) is 0 Å². The zero-order valence-electron chi connectivity index (χ0n) is 12.8. The van der Waals surface area contributed by atoms with Crippen LogP contribution in [0.25, 0.3) is 0 Å². The molecule has 1 amide bonds. The summed E-state index contributed by atoms with van der Waals surface area (Å²) in [5.74, 6) is 0.204. The van der Waals surface area contributed by atoms with Crippen LogP contribution in [0.2, 0.25) is 0 Å². The Morgan fingerprint density at radius 1 is 1.11 bits per heavy atom. The number of likely N-dealkylation sites (N-methyl/N-ethyl adjacent to an activating group) is 2. The third-order valence-corrected chi connectivity index (χ3v) is 3.94. The van der Waals surface area contributed by atoms with Gasteiger partial charge in [-0.1, -0.05) is 30.3 Å². The van der Waals surface area contributed by atoms with E-state index in [-0.39, 0.29) is 18.0 Å². The van der Waals surface area contributed by atoms with Crippen molar-refractivity contribution in [3.05, 3.63) is 35.9 Å². The second-order valence-corrected chi connectivity index (χ2v) is 4.94. The molecule has 0 saturated carbocycles. The van der Waals surface area contributed by atoms with Crippen LogP contribution in [0, 0.1) is 0 Å². The molecular formula is C16H26N2O. The Kier molecular flexibility index (Phi) is 6.03. The van der Waals surface area contributed by atoms with Crippen LogP contribution in [0.4, 0.5) is 0 Å². The van der Waals surface area contributed by atoms with Gasteiger partial charge in [-0.15, -0.1) is 0 Å². The van der Waals surface area contributed by atoms with Gasteiger partial charge >= 0.3 is 0 Å². The maximum absolute atomic E-state index is 12.4. The summed E-state index contributed by atoms with van der Waals surface area (Å²) in [7, 11) is 2.02. The van der Waals surface area contributed by atoms with Crippen molar-refractivity contribution in [2.75, 3.05) is 20.1 Å². The standard InChI is InChI=1S/C16H26N2O/c1-6-18(7-2)16(19)14(4)17(5)13(3)15-11-9-8-10-12-15/h8-14H,6-7H2,1-5H3/t13-,14+/m0/s1. The second-order valence-electron chi connectivity index (χ2n) is 4.94. The molecular weight excluding hydrogens is 236 g/mol. The fraction of sp³-hybridized carbons (Fsp3) is 0.562. The zero-order chi connectivity index (χ0) is 14.4. The molecule has 0 bridgehead atoms. The van der Waals surface area contributed by atoms with Gasteiger partial charge in [0.2, 0.25) is 5.91 Å². The molecule has 0 aliphatic heterocycles. The van der Waals surface area contributed by atoms with Gasteiger partial charge in [0.15, 0.2) is 0 Å². The van der Waals surface area contributed by atoms with Gasteiger partial charge in [0.25, 0.3) is 0 Å². The number of benzene rings is 1. The molecule has 0 saturated heterocycles. The highest BCUT2D eigenvalue weighted by Crippen LogP contribution is 2.21. The predicted molar refractivity (Wildman–Crippen MR) is 80.0 cm³/mol. The molecule has 0 radical (unpaired) electrons. The van der Waals surface area contributed by atoms with Crippen LogP contribution in [0.5, 0.6) is 0 Å². The summed E-state index contributed by atoms with van der Waals surface area (Å²) in [6.45, 7) is 9.71. The minimum Gasteiger partial charge on any atom is -0.342 e. The highest BCUT2D eigenvalue weighted by molar-refractivity contribution is 5.81. The van der Waals surface area contributed by atoms with Crippen molar-refractivity contribution in [3.63, 3.8) is 0 Å². The lowest BCUT2D eigenvalue weighted by Crippen LogP contribution is -2.46. The van der Waals surface area contributed by atoms with Gasteiger partial charge < -0.3 is 4.90 Å². The Morgan fingerprint density at radius 3 is 2.11 bits per heavy atom. The Morgan fingerprint density at radius 2 is 1.63 bits per heavy atom. The summed E-state index contributed by atoms with van der Waals surface area (Å²) in [5.41, 5.74) is 1.24. The number of amides is 1. The molecule has 0 N–H and O–H groups in total. The average Bonchev–Trinajstić information content (AvgIpc) is 2.47. The fourth-order valence-corrected chi connectivity index (χ4v) is 2.28. The highest BCUT2D eigenvalue weighted by atomic mass is 16.2. The normalized spacial score (nSPS) is 14.2. The molecule has 0 aliphatic carbocycles. The minimum atomic E-state index is -0.102. The van der Waals surface area contributed by atoms with E-state index in [0.29, 0.717) is 0 Å². The quantitative estimate of drug-likeness (QED) is 0.787. The van der Waals surface area contributed by atoms with Crippen molar-refractivity contribution < 1.29 is 4.79 Å². The second kappa shape index (κ2) is 7.29. The third kappa shape index (κ3) is 3.80. The van der Waals surface area contributed by atoms with Gasteiger partial charge in [-0.25, -0.2) is 0 Å². The van der Waals surface area contributed by atoms with Crippen molar-refractivity contribution in [1.82, 2.24) is 9.80 Å². The van der Waals surface area contributed by atoms with Crippen LogP contribution >= 0.6 is 0 Å². The van der Waals surface area contributed by atoms with Crippen molar-refractivity contribution in [2.24, 2.45) is 0 Å². The van der Waals surface area contributed by atoms with Gasteiger partial charge in [0, 0.05) is 19.1 Å². The van der Waals surface area contributed by atoms with Crippen LogP contribution in [0.3, 0.4) is 0 Å². The van der Waals surface area contributed by atoms with E-state index in [0.717, 1.165) is 13.1 Å². The summed E-state index contributed by atoms with van der Waals surface area (Å²) in [6, 6.07) is 10.4. The van der Waals surface area contributed by atoms with Crippen LogP contribution in [0.15, 0.2) is 30.3 Å². The van der Waals surface area contributed by atoms with Gasteiger partial charge in [-0.3, -0.25) is 9.69 Å². The van der Waals surface area contributed by atoms with E-state index in [1.54, 1.807) is 0 Å². The minimum absolute atomic E-state index is 0.102. The molecule has 0 heterocycles. The molecule has 1 aromatic rings. The number of hydrogen-bond acceptors (Lipinski definition) is 2. The Labute approximate surface area is 117 Å². The zero-order valence-corrected chi connectivity index (χ0v) is 12.8. The summed E-state index contributed by atoms with van der Waals surface area (Å²) in [6.07, 6.45) is 0. The molecule has 0 aromatic heterocycles. The number of rotatable bonds is 6. The van der Waals surface area contributed by atoms with Gasteiger partial charge in [0.05, 0.1) is 6.04 Å². The Bertz CT molecular complexity index is 387. The lowest BCUT2D eigenvalue weighted by atomic mass is 10.1. The van der Waals surface area contributed by atoms with E-state index < -0.39 is 0 Å². The predicted octanol–water partition coefficient (Wildman–Crippen LogP) is 2.94. The first-order valence-electron chi connectivity index (χ1n) is 7.08. The van der Waals surface area contributed by atoms with Gasteiger partial charge in [-0.05, 0) is 40.3 Å². The Balaban J connectivity index is 2.76. The van der Waals surface area contributed by atoms with Crippen molar-refractivity contribution in [1.29, 1.82) is 0 Å². The number of nitrogens with zero attached hydrogens (tertiary/aromatic N) is 2. The monoisotopic (exact) mass is 262 g/mol. The molecule has 0 spiro atoms. The molecule has 3 heteroatoms. The van der Waals surface area contributed by atoms with Crippen molar-refractivity contribution in [3.8, 4) is 0 Å². The first-order valence-corrected chi connectivity index (χ1v) is 7.08. The molecule has 1 rings (SSSR count). The van der Waals surface area contributed by atoms with Crippen molar-refractivity contribution in [2.45, 2.75) is 39.8 Å². The van der Waals surface area contributed by atoms with E-state index in [1.807, 2.05) is 50.9 Å².